The molecule has 5 heteroatoms. The molecule has 0 aromatic heterocycles. The number of Topliss-reactive ketones (excluding diaryl/α,β-unsaturated/α-hetero) is 1. The van der Waals surface area contributed by atoms with Crippen molar-refractivity contribution in [2.45, 2.75) is 13.3 Å². The number of ketones is 1. The molecule has 1 rings (SSSR count). The Morgan fingerprint density at radius 3 is 2.11 bits per heavy atom. The fraction of sp³-hybridized carbons (Fsp3) is 0.214. The van der Waals surface area contributed by atoms with E-state index in [0.29, 0.717) is 5.56 Å². The molecule has 0 aliphatic carbocycles. The molecule has 0 fully saturated rings. The number of hydrogen-bond acceptors (Lipinski definition) is 5. The summed E-state index contributed by atoms with van der Waals surface area (Å²) in [6.45, 7) is 4.24. The van der Waals surface area contributed by atoms with Crippen LogP contribution in [0.2, 0.25) is 0 Å². The van der Waals surface area contributed by atoms with Crippen LogP contribution >= 0.6 is 0 Å². The van der Waals surface area contributed by atoms with E-state index in [0.717, 1.165) is 6.92 Å². The van der Waals surface area contributed by atoms with Gasteiger partial charge in [0.2, 0.25) is 0 Å². The molecule has 1 unspecified atom stereocenters. The third kappa shape index (κ3) is 3.07. The Morgan fingerprint density at radius 2 is 1.68 bits per heavy atom. The summed E-state index contributed by atoms with van der Waals surface area (Å²) in [6, 6.07) is 7.97. The first kappa shape index (κ1) is 14.6. The van der Waals surface area contributed by atoms with Crippen LogP contribution in [0.4, 0.5) is 0 Å². The van der Waals surface area contributed by atoms with E-state index < -0.39 is 35.1 Å². The second kappa shape index (κ2) is 5.48. The largest absolute Gasteiger partial charge is 0.549 e. The Labute approximate surface area is 110 Å². The van der Waals surface area contributed by atoms with Gasteiger partial charge in [-0.05, 0) is 12.5 Å². The van der Waals surface area contributed by atoms with Gasteiger partial charge < -0.3 is 19.8 Å². The molecule has 5 nitrogen and oxygen atoms in total. The first-order valence-electron chi connectivity index (χ1n) is 5.49. The zero-order valence-electron chi connectivity index (χ0n) is 10.3. The molecule has 0 heterocycles. The summed E-state index contributed by atoms with van der Waals surface area (Å²) in [6.07, 6.45) is -0.549. The van der Waals surface area contributed by atoms with Gasteiger partial charge in [-0.3, -0.25) is 4.79 Å². The number of carbonyl (C=O) groups is 3. The molecule has 1 aromatic rings. The highest BCUT2D eigenvalue weighted by Gasteiger charge is 2.33. The van der Waals surface area contributed by atoms with Crippen molar-refractivity contribution in [1.29, 1.82) is 0 Å². The van der Waals surface area contributed by atoms with E-state index in [1.807, 2.05) is 0 Å². The summed E-state index contributed by atoms with van der Waals surface area (Å²) >= 11 is 0. The molecule has 19 heavy (non-hydrogen) atoms. The first-order valence-corrected chi connectivity index (χ1v) is 5.49. The molecule has 0 N–H and O–H groups in total. The molecule has 0 amide bonds. The topological polar surface area (TPSA) is 97.3 Å². The van der Waals surface area contributed by atoms with Gasteiger partial charge in [0.1, 0.15) is 0 Å². The maximum Gasteiger partial charge on any atom is 0.164 e. The van der Waals surface area contributed by atoms with Crippen LogP contribution < -0.4 is 10.2 Å². The minimum Gasteiger partial charge on any atom is -0.549 e. The van der Waals surface area contributed by atoms with E-state index in [1.54, 1.807) is 18.2 Å². The predicted molar refractivity (Wildman–Crippen MR) is 62.7 cm³/mol. The van der Waals surface area contributed by atoms with E-state index in [2.05, 4.69) is 6.58 Å². The lowest BCUT2D eigenvalue weighted by Crippen LogP contribution is -2.47. The quantitative estimate of drug-likeness (QED) is 0.498. The third-order valence-corrected chi connectivity index (χ3v) is 2.97. The average molecular weight is 260 g/mol. The van der Waals surface area contributed by atoms with Crippen LogP contribution in [0.15, 0.2) is 42.5 Å². The summed E-state index contributed by atoms with van der Waals surface area (Å²) in [5.74, 6) is -3.90. The van der Waals surface area contributed by atoms with Gasteiger partial charge in [-0.2, -0.15) is 0 Å². The second-order valence-electron chi connectivity index (χ2n) is 4.35. The van der Waals surface area contributed by atoms with Crippen molar-refractivity contribution in [1.82, 2.24) is 0 Å². The Hall–Kier alpha value is -2.43. The number of carboxylic acids is 2. The number of carbonyl (C=O) groups excluding carboxylic acids is 3. The molecule has 0 bridgehead atoms. The van der Waals surface area contributed by atoms with Crippen molar-refractivity contribution in [3.8, 4) is 0 Å². The molecule has 0 saturated heterocycles. The standard InChI is InChI=1S/C14H14O5/c1-9(12(16)17)14(2,13(18)19)8-11(15)10-6-4-3-5-7-10/h3-7H,1,8H2,2H3,(H,16,17)(H,18,19)/p-2. The monoisotopic (exact) mass is 260 g/mol. The molecule has 1 atom stereocenters. The van der Waals surface area contributed by atoms with Crippen molar-refractivity contribution in [2.24, 2.45) is 5.41 Å². The van der Waals surface area contributed by atoms with E-state index in [4.69, 9.17) is 0 Å². The van der Waals surface area contributed by atoms with Crippen molar-refractivity contribution in [3.05, 3.63) is 48.0 Å². The Balaban J connectivity index is 3.04. The lowest BCUT2D eigenvalue weighted by molar-refractivity contribution is -0.320. The molecule has 1 aromatic carbocycles. The molecule has 100 valence electrons. The first-order chi connectivity index (χ1) is 8.79. The third-order valence-electron chi connectivity index (χ3n) is 2.97. The molecule has 0 saturated carbocycles. The van der Waals surface area contributed by atoms with Crippen LogP contribution in [-0.4, -0.2) is 17.7 Å². The van der Waals surface area contributed by atoms with Gasteiger partial charge in [-0.15, -0.1) is 0 Å². The van der Waals surface area contributed by atoms with Crippen LogP contribution in [-0.2, 0) is 9.59 Å². The van der Waals surface area contributed by atoms with Crippen molar-refractivity contribution < 1.29 is 24.6 Å². The lowest BCUT2D eigenvalue weighted by atomic mass is 9.77. The molecule has 0 radical (unpaired) electrons. The number of benzene rings is 1. The maximum absolute atomic E-state index is 11.9. The number of carboxylic acid groups (broad SMARTS) is 2. The molecular formula is C14H12O5-2. The average Bonchev–Trinajstić information content (AvgIpc) is 2.38. The lowest BCUT2D eigenvalue weighted by Gasteiger charge is -2.32. The summed E-state index contributed by atoms with van der Waals surface area (Å²) in [5.41, 5.74) is -2.39. The van der Waals surface area contributed by atoms with Crippen LogP contribution in [0, 0.1) is 5.41 Å². The Kier molecular flexibility index (Phi) is 4.22. The smallest absolute Gasteiger partial charge is 0.164 e. The number of rotatable bonds is 6. The van der Waals surface area contributed by atoms with Gasteiger partial charge in [-0.25, -0.2) is 0 Å². The molecule has 0 aliphatic rings. The highest BCUT2D eigenvalue weighted by atomic mass is 16.4. The van der Waals surface area contributed by atoms with Crippen molar-refractivity contribution in [2.75, 3.05) is 0 Å². The van der Waals surface area contributed by atoms with Crippen molar-refractivity contribution >= 4 is 17.7 Å². The molecule has 0 aliphatic heterocycles. The van der Waals surface area contributed by atoms with Gasteiger partial charge in [0.05, 0.1) is 11.9 Å². The minimum absolute atomic E-state index is 0.293. The van der Waals surface area contributed by atoms with E-state index >= 15 is 0 Å². The number of aliphatic carboxylic acids is 2. The predicted octanol–water partition coefficient (Wildman–Crippen LogP) is -0.678. The van der Waals surface area contributed by atoms with Crippen LogP contribution in [0.1, 0.15) is 23.7 Å². The van der Waals surface area contributed by atoms with Gasteiger partial charge in [-0.1, -0.05) is 36.9 Å². The SMILES string of the molecule is C=C(C(=O)[O-])C(C)(CC(=O)c1ccccc1)C(=O)[O-]. The summed E-state index contributed by atoms with van der Waals surface area (Å²) in [7, 11) is 0. The Bertz CT molecular complexity index is 532. The zero-order chi connectivity index (χ0) is 14.6. The molecular weight excluding hydrogens is 248 g/mol. The second-order valence-corrected chi connectivity index (χ2v) is 4.35. The summed E-state index contributed by atoms with van der Waals surface area (Å²) < 4.78 is 0. The van der Waals surface area contributed by atoms with E-state index in [-0.39, 0.29) is 0 Å². The normalized spacial score (nSPS) is 13.3. The van der Waals surface area contributed by atoms with Gasteiger partial charge >= 0.3 is 0 Å². The van der Waals surface area contributed by atoms with Crippen molar-refractivity contribution in [3.63, 3.8) is 0 Å². The Morgan fingerprint density at radius 1 is 1.16 bits per heavy atom. The van der Waals surface area contributed by atoms with Crippen LogP contribution in [0.5, 0.6) is 0 Å². The van der Waals surface area contributed by atoms with E-state index in [1.165, 1.54) is 12.1 Å². The molecule has 0 spiro atoms. The van der Waals surface area contributed by atoms with E-state index in [9.17, 15) is 24.6 Å². The minimum atomic E-state index is -1.99. The van der Waals surface area contributed by atoms with Gasteiger partial charge in [0, 0.05) is 17.4 Å². The van der Waals surface area contributed by atoms with Gasteiger partial charge in [0.15, 0.2) is 5.78 Å². The highest BCUT2D eigenvalue weighted by Crippen LogP contribution is 2.30. The maximum atomic E-state index is 11.9. The zero-order valence-corrected chi connectivity index (χ0v) is 10.3. The fourth-order valence-electron chi connectivity index (χ4n) is 1.57. The summed E-state index contributed by atoms with van der Waals surface area (Å²) in [5, 5.41) is 21.9. The van der Waals surface area contributed by atoms with Crippen LogP contribution in [0.25, 0.3) is 0 Å². The van der Waals surface area contributed by atoms with Gasteiger partial charge in [0.25, 0.3) is 0 Å². The van der Waals surface area contributed by atoms with Crippen LogP contribution in [0.3, 0.4) is 0 Å². The summed E-state index contributed by atoms with van der Waals surface area (Å²) in [4.78, 5) is 33.8. The number of hydrogen-bond donors (Lipinski definition) is 0. The fourth-order valence-corrected chi connectivity index (χ4v) is 1.57. The highest BCUT2D eigenvalue weighted by molar-refractivity contribution is 6.02.